The molecule has 0 aliphatic carbocycles. The van der Waals surface area contributed by atoms with Crippen LogP contribution < -0.4 is 4.74 Å². The molecular formula is C22H15BrClN3O4. The lowest BCUT2D eigenvalue weighted by molar-refractivity contribution is -0.384. The first-order valence-electron chi connectivity index (χ1n) is 8.96. The summed E-state index contributed by atoms with van der Waals surface area (Å²) in [5.41, 5.74) is 2.59. The van der Waals surface area contributed by atoms with Crippen molar-refractivity contribution >= 4 is 39.4 Å². The minimum atomic E-state index is -0.463. The Kier molecular flexibility index (Phi) is 7.60. The van der Waals surface area contributed by atoms with Gasteiger partial charge in [-0.05, 0) is 45.3 Å². The van der Waals surface area contributed by atoms with E-state index in [-0.39, 0.29) is 18.9 Å². The minimum absolute atomic E-state index is 0.00576. The van der Waals surface area contributed by atoms with Gasteiger partial charge in [0, 0.05) is 17.7 Å². The lowest BCUT2D eigenvalue weighted by atomic mass is 10.1. The molecule has 3 aromatic carbocycles. The first kappa shape index (κ1) is 22.3. The largest absolute Gasteiger partial charge is 0.486 e. The van der Waals surface area contributed by atoms with E-state index < -0.39 is 4.92 Å². The molecule has 3 rings (SSSR count). The summed E-state index contributed by atoms with van der Waals surface area (Å²) >= 11 is 9.78. The number of nitro benzene ring substituents is 1. The van der Waals surface area contributed by atoms with E-state index >= 15 is 0 Å². The molecule has 0 atom stereocenters. The van der Waals surface area contributed by atoms with Crippen LogP contribution in [-0.4, -0.2) is 11.1 Å². The monoisotopic (exact) mass is 499 g/mol. The van der Waals surface area contributed by atoms with Gasteiger partial charge in [-0.25, -0.2) is 0 Å². The number of nitrogens with zero attached hydrogens (tertiary/aromatic N) is 3. The van der Waals surface area contributed by atoms with E-state index in [2.05, 4.69) is 27.2 Å². The zero-order chi connectivity index (χ0) is 22.2. The third kappa shape index (κ3) is 6.04. The van der Waals surface area contributed by atoms with Gasteiger partial charge in [-0.3, -0.25) is 10.1 Å². The summed E-state index contributed by atoms with van der Waals surface area (Å²) in [6.07, 6.45) is 1.47. The van der Waals surface area contributed by atoms with E-state index in [9.17, 15) is 15.4 Å². The standard InChI is InChI=1S/C22H15BrClN3O4/c23-20-9-16(12-26-31-13-15-4-3-7-19(8-15)27(28)29)10-21(24)22(20)30-14-18-6-2-1-5-17(18)11-25/h1-10,12H,13-14H2/b26-12-. The highest BCUT2D eigenvalue weighted by atomic mass is 79.9. The van der Waals surface area contributed by atoms with Gasteiger partial charge in [0.05, 0.1) is 32.3 Å². The number of hydrogen-bond donors (Lipinski definition) is 0. The first-order chi connectivity index (χ1) is 15.0. The van der Waals surface area contributed by atoms with E-state index in [1.165, 1.54) is 18.3 Å². The molecule has 0 aromatic heterocycles. The fraction of sp³-hybridized carbons (Fsp3) is 0.0909. The van der Waals surface area contributed by atoms with Crippen LogP contribution in [0.15, 0.2) is 70.3 Å². The maximum Gasteiger partial charge on any atom is 0.269 e. The molecule has 31 heavy (non-hydrogen) atoms. The smallest absolute Gasteiger partial charge is 0.269 e. The van der Waals surface area contributed by atoms with E-state index in [4.69, 9.17) is 21.2 Å². The summed E-state index contributed by atoms with van der Waals surface area (Å²) in [6.45, 7) is 0.286. The first-order valence-corrected chi connectivity index (χ1v) is 10.1. The van der Waals surface area contributed by atoms with Crippen molar-refractivity contribution in [3.63, 3.8) is 0 Å². The van der Waals surface area contributed by atoms with Gasteiger partial charge in [-0.15, -0.1) is 0 Å². The van der Waals surface area contributed by atoms with Crippen LogP contribution in [-0.2, 0) is 18.1 Å². The number of hydrogen-bond acceptors (Lipinski definition) is 6. The van der Waals surface area contributed by atoms with Crippen LogP contribution >= 0.6 is 27.5 Å². The van der Waals surface area contributed by atoms with Gasteiger partial charge < -0.3 is 9.57 Å². The fourth-order valence-corrected chi connectivity index (χ4v) is 3.66. The average Bonchev–Trinajstić information content (AvgIpc) is 2.76. The van der Waals surface area contributed by atoms with Crippen molar-refractivity contribution < 1.29 is 14.5 Å². The van der Waals surface area contributed by atoms with Crippen molar-refractivity contribution in [2.75, 3.05) is 0 Å². The topological polar surface area (TPSA) is 97.8 Å². The number of ether oxygens (including phenoxy) is 1. The van der Waals surface area contributed by atoms with E-state index in [0.717, 1.165) is 5.56 Å². The Morgan fingerprint density at radius 2 is 1.97 bits per heavy atom. The number of nitro groups is 1. The van der Waals surface area contributed by atoms with Crippen LogP contribution in [0.25, 0.3) is 0 Å². The normalized spacial score (nSPS) is 10.6. The van der Waals surface area contributed by atoms with Crippen molar-refractivity contribution in [1.29, 1.82) is 5.26 Å². The third-order valence-corrected chi connectivity index (χ3v) is 5.03. The number of rotatable bonds is 8. The molecule has 0 N–H and O–H groups in total. The second kappa shape index (κ2) is 10.6. The molecule has 0 unspecified atom stereocenters. The molecule has 9 heteroatoms. The Labute approximate surface area is 191 Å². The second-order valence-corrected chi connectivity index (χ2v) is 7.57. The van der Waals surface area contributed by atoms with E-state index in [1.54, 1.807) is 36.4 Å². The molecule has 156 valence electrons. The van der Waals surface area contributed by atoms with Crippen LogP contribution in [0, 0.1) is 21.4 Å². The molecule has 0 saturated carbocycles. The number of oxime groups is 1. The Hall–Kier alpha value is -3.41. The van der Waals surface area contributed by atoms with E-state index in [1.807, 2.05) is 12.1 Å². The molecule has 0 radical (unpaired) electrons. The molecule has 0 spiro atoms. The molecule has 0 heterocycles. The summed E-state index contributed by atoms with van der Waals surface area (Å²) < 4.78 is 6.42. The van der Waals surface area contributed by atoms with Gasteiger partial charge in [0.25, 0.3) is 5.69 Å². The quantitative estimate of drug-likeness (QED) is 0.214. The summed E-state index contributed by atoms with van der Waals surface area (Å²) in [4.78, 5) is 15.6. The van der Waals surface area contributed by atoms with Crippen molar-refractivity contribution in [3.8, 4) is 11.8 Å². The maximum atomic E-state index is 10.8. The predicted molar refractivity (Wildman–Crippen MR) is 120 cm³/mol. The lowest BCUT2D eigenvalue weighted by Gasteiger charge is -2.12. The van der Waals surface area contributed by atoms with Gasteiger partial charge in [-0.1, -0.05) is 47.1 Å². The number of non-ortho nitro benzene ring substituents is 1. The number of halogens is 2. The zero-order valence-electron chi connectivity index (χ0n) is 16.0. The molecule has 0 amide bonds. The molecule has 7 nitrogen and oxygen atoms in total. The Morgan fingerprint density at radius 1 is 1.16 bits per heavy atom. The predicted octanol–water partition coefficient (Wildman–Crippen LogP) is 6.01. The van der Waals surface area contributed by atoms with Gasteiger partial charge in [0.15, 0.2) is 5.75 Å². The van der Waals surface area contributed by atoms with Crippen LogP contribution in [0.4, 0.5) is 5.69 Å². The van der Waals surface area contributed by atoms with Gasteiger partial charge >= 0.3 is 0 Å². The highest BCUT2D eigenvalue weighted by Gasteiger charge is 2.11. The van der Waals surface area contributed by atoms with Crippen molar-refractivity contribution in [1.82, 2.24) is 0 Å². The van der Waals surface area contributed by atoms with E-state index in [0.29, 0.717) is 31.9 Å². The Morgan fingerprint density at radius 3 is 2.71 bits per heavy atom. The molecule has 0 saturated heterocycles. The molecule has 3 aromatic rings. The minimum Gasteiger partial charge on any atom is -0.486 e. The average molecular weight is 501 g/mol. The van der Waals surface area contributed by atoms with Crippen LogP contribution in [0.2, 0.25) is 5.02 Å². The maximum absolute atomic E-state index is 10.8. The fourth-order valence-electron chi connectivity index (χ4n) is 2.67. The number of benzene rings is 3. The van der Waals surface area contributed by atoms with Gasteiger partial charge in [-0.2, -0.15) is 5.26 Å². The number of nitriles is 1. The van der Waals surface area contributed by atoms with Crippen LogP contribution in [0.5, 0.6) is 5.75 Å². The van der Waals surface area contributed by atoms with Gasteiger partial charge in [0.2, 0.25) is 0 Å². The highest BCUT2D eigenvalue weighted by molar-refractivity contribution is 9.10. The highest BCUT2D eigenvalue weighted by Crippen LogP contribution is 2.35. The van der Waals surface area contributed by atoms with Crippen molar-refractivity contribution in [3.05, 3.63) is 103 Å². The Bertz CT molecular complexity index is 1150. The zero-order valence-corrected chi connectivity index (χ0v) is 18.3. The summed E-state index contributed by atoms with van der Waals surface area (Å²) in [5.74, 6) is 0.448. The molecular weight excluding hydrogens is 486 g/mol. The van der Waals surface area contributed by atoms with Crippen LogP contribution in [0.3, 0.4) is 0 Å². The SMILES string of the molecule is N#Cc1ccccc1COc1c(Cl)cc(/C=N\OCc2cccc([N+](=O)[O-])c2)cc1Br. The van der Waals surface area contributed by atoms with Crippen molar-refractivity contribution in [2.24, 2.45) is 5.16 Å². The lowest BCUT2D eigenvalue weighted by Crippen LogP contribution is -2.00. The van der Waals surface area contributed by atoms with Gasteiger partial charge in [0.1, 0.15) is 13.2 Å². The summed E-state index contributed by atoms with van der Waals surface area (Å²) in [6, 6.07) is 18.9. The molecule has 0 fully saturated rings. The van der Waals surface area contributed by atoms with Crippen molar-refractivity contribution in [2.45, 2.75) is 13.2 Å². The molecule has 0 aliphatic rings. The molecule has 0 aliphatic heterocycles. The summed E-state index contributed by atoms with van der Waals surface area (Å²) in [7, 11) is 0. The summed E-state index contributed by atoms with van der Waals surface area (Å²) in [5, 5.41) is 24.2. The third-order valence-electron chi connectivity index (χ3n) is 4.16. The molecule has 0 bridgehead atoms. The Balaban J connectivity index is 1.63. The second-order valence-electron chi connectivity index (χ2n) is 6.31. The van der Waals surface area contributed by atoms with Crippen LogP contribution in [0.1, 0.15) is 22.3 Å².